The number of aromatic nitrogens is 1. The third-order valence-corrected chi connectivity index (χ3v) is 2.60. The highest BCUT2D eigenvalue weighted by Crippen LogP contribution is 2.25. The van der Waals surface area contributed by atoms with Crippen LogP contribution in [-0.2, 0) is 4.74 Å². The van der Waals surface area contributed by atoms with Gasteiger partial charge in [-0.25, -0.2) is 4.79 Å². The van der Waals surface area contributed by atoms with E-state index in [1.807, 2.05) is 31.3 Å². The maximum absolute atomic E-state index is 11.8. The highest BCUT2D eigenvalue weighted by molar-refractivity contribution is 5.95. The zero-order valence-corrected chi connectivity index (χ0v) is 9.36. The standard InChI is InChI=1S/C12H14N2O2/c1-3-16-12(15)11-8(2)10(13)9-6-4-5-7-14(9)11/h4-7H,3,13H2,1-2H3. The monoisotopic (exact) mass is 218 g/mol. The van der Waals surface area contributed by atoms with Crippen molar-refractivity contribution in [3.05, 3.63) is 35.7 Å². The highest BCUT2D eigenvalue weighted by atomic mass is 16.5. The summed E-state index contributed by atoms with van der Waals surface area (Å²) in [5.74, 6) is -0.335. The number of carbonyl (C=O) groups is 1. The second-order valence-electron chi connectivity index (χ2n) is 3.56. The van der Waals surface area contributed by atoms with Crippen molar-refractivity contribution in [1.29, 1.82) is 0 Å². The number of anilines is 1. The van der Waals surface area contributed by atoms with Crippen LogP contribution in [0, 0.1) is 6.92 Å². The molecule has 16 heavy (non-hydrogen) atoms. The zero-order valence-electron chi connectivity index (χ0n) is 9.36. The first-order valence-corrected chi connectivity index (χ1v) is 5.19. The SMILES string of the molecule is CCOC(=O)c1c(C)c(N)c2ccccn12. The van der Waals surface area contributed by atoms with Crippen LogP contribution in [0.4, 0.5) is 5.69 Å². The Labute approximate surface area is 93.6 Å². The minimum atomic E-state index is -0.335. The molecule has 0 aliphatic rings. The Morgan fingerprint density at radius 1 is 1.50 bits per heavy atom. The van der Waals surface area contributed by atoms with Gasteiger partial charge < -0.3 is 14.9 Å². The molecule has 0 aliphatic heterocycles. The highest BCUT2D eigenvalue weighted by Gasteiger charge is 2.19. The molecule has 0 atom stereocenters. The van der Waals surface area contributed by atoms with Crippen molar-refractivity contribution in [3.63, 3.8) is 0 Å². The molecule has 2 heterocycles. The number of fused-ring (bicyclic) bond motifs is 1. The lowest BCUT2D eigenvalue weighted by Crippen LogP contribution is -2.09. The number of nitrogens with zero attached hydrogens (tertiary/aromatic N) is 1. The number of esters is 1. The van der Waals surface area contributed by atoms with Crippen molar-refractivity contribution in [1.82, 2.24) is 4.40 Å². The van der Waals surface area contributed by atoms with Gasteiger partial charge in [-0.3, -0.25) is 0 Å². The summed E-state index contributed by atoms with van der Waals surface area (Å²) in [6.07, 6.45) is 1.81. The smallest absolute Gasteiger partial charge is 0.355 e. The second kappa shape index (κ2) is 3.89. The third-order valence-electron chi connectivity index (χ3n) is 2.60. The van der Waals surface area contributed by atoms with Gasteiger partial charge in [0, 0.05) is 11.8 Å². The number of nitrogen functional groups attached to an aromatic ring is 1. The summed E-state index contributed by atoms with van der Waals surface area (Å²) in [4.78, 5) is 11.8. The van der Waals surface area contributed by atoms with E-state index < -0.39 is 0 Å². The molecule has 2 N–H and O–H groups in total. The van der Waals surface area contributed by atoms with E-state index in [1.54, 1.807) is 11.3 Å². The number of nitrogens with two attached hydrogens (primary N) is 1. The first-order valence-electron chi connectivity index (χ1n) is 5.19. The lowest BCUT2D eigenvalue weighted by Gasteiger charge is -2.03. The molecular weight excluding hydrogens is 204 g/mol. The van der Waals surface area contributed by atoms with Crippen molar-refractivity contribution >= 4 is 17.2 Å². The van der Waals surface area contributed by atoms with Gasteiger partial charge in [0.1, 0.15) is 5.69 Å². The van der Waals surface area contributed by atoms with Crippen LogP contribution in [-0.4, -0.2) is 17.0 Å². The zero-order chi connectivity index (χ0) is 11.7. The summed E-state index contributed by atoms with van der Waals surface area (Å²) >= 11 is 0. The molecule has 0 amide bonds. The van der Waals surface area contributed by atoms with Crippen LogP contribution < -0.4 is 5.73 Å². The Kier molecular flexibility index (Phi) is 2.56. The van der Waals surface area contributed by atoms with Crippen molar-refractivity contribution in [3.8, 4) is 0 Å². The number of hydrogen-bond acceptors (Lipinski definition) is 3. The van der Waals surface area contributed by atoms with Crippen LogP contribution >= 0.6 is 0 Å². The molecule has 0 fully saturated rings. The molecule has 4 heteroatoms. The molecule has 0 aromatic carbocycles. The Balaban J connectivity index is 2.68. The van der Waals surface area contributed by atoms with E-state index in [9.17, 15) is 4.79 Å². The van der Waals surface area contributed by atoms with Gasteiger partial charge in [-0.15, -0.1) is 0 Å². The molecule has 0 spiro atoms. The summed E-state index contributed by atoms with van der Waals surface area (Å²) in [7, 11) is 0. The van der Waals surface area contributed by atoms with E-state index in [-0.39, 0.29) is 5.97 Å². The summed E-state index contributed by atoms with van der Waals surface area (Å²) < 4.78 is 6.78. The Hall–Kier alpha value is -1.97. The Bertz CT molecular complexity index is 543. The lowest BCUT2D eigenvalue weighted by atomic mass is 10.2. The average molecular weight is 218 g/mol. The van der Waals surface area contributed by atoms with Crippen molar-refractivity contribution in [2.45, 2.75) is 13.8 Å². The van der Waals surface area contributed by atoms with Crippen molar-refractivity contribution in [2.24, 2.45) is 0 Å². The molecule has 0 saturated carbocycles. The number of carbonyl (C=O) groups excluding carboxylic acids is 1. The summed E-state index contributed by atoms with van der Waals surface area (Å²) in [5, 5.41) is 0. The predicted octanol–water partition coefficient (Wildman–Crippen LogP) is 2.01. The molecule has 0 unspecified atom stereocenters. The van der Waals surface area contributed by atoms with Gasteiger partial charge in [-0.2, -0.15) is 0 Å². The topological polar surface area (TPSA) is 56.7 Å². The number of ether oxygens (including phenoxy) is 1. The normalized spacial score (nSPS) is 10.6. The molecular formula is C12H14N2O2. The molecule has 4 nitrogen and oxygen atoms in total. The second-order valence-corrected chi connectivity index (χ2v) is 3.56. The van der Waals surface area contributed by atoms with Gasteiger partial charge in [0.25, 0.3) is 0 Å². The fraction of sp³-hybridized carbons (Fsp3) is 0.250. The minimum absolute atomic E-state index is 0.335. The first kappa shape index (κ1) is 10.5. The maximum Gasteiger partial charge on any atom is 0.355 e. The third kappa shape index (κ3) is 1.43. The molecule has 2 rings (SSSR count). The molecule has 0 aliphatic carbocycles. The fourth-order valence-corrected chi connectivity index (χ4v) is 1.81. The Morgan fingerprint density at radius 2 is 2.25 bits per heavy atom. The molecule has 2 aromatic heterocycles. The molecule has 0 radical (unpaired) electrons. The van der Waals surface area contributed by atoms with E-state index in [0.29, 0.717) is 18.0 Å². The van der Waals surface area contributed by atoms with Crippen LogP contribution in [0.5, 0.6) is 0 Å². The van der Waals surface area contributed by atoms with Gasteiger partial charge >= 0.3 is 5.97 Å². The van der Waals surface area contributed by atoms with Crippen LogP contribution in [0.1, 0.15) is 23.0 Å². The maximum atomic E-state index is 11.8. The van der Waals surface area contributed by atoms with Crippen LogP contribution in [0.25, 0.3) is 5.52 Å². The molecule has 84 valence electrons. The van der Waals surface area contributed by atoms with Crippen LogP contribution in [0.3, 0.4) is 0 Å². The molecule has 0 saturated heterocycles. The minimum Gasteiger partial charge on any atom is -0.461 e. The van der Waals surface area contributed by atoms with Gasteiger partial charge in [-0.1, -0.05) is 6.07 Å². The summed E-state index contributed by atoms with van der Waals surface area (Å²) in [6, 6.07) is 5.62. The average Bonchev–Trinajstić information content (AvgIpc) is 2.53. The number of hydrogen-bond donors (Lipinski definition) is 1. The van der Waals surface area contributed by atoms with Crippen LogP contribution in [0.2, 0.25) is 0 Å². The van der Waals surface area contributed by atoms with Gasteiger partial charge in [0.05, 0.1) is 17.8 Å². The summed E-state index contributed by atoms with van der Waals surface area (Å²) in [6.45, 7) is 3.97. The quantitative estimate of drug-likeness (QED) is 0.784. The number of pyridine rings is 1. The fourth-order valence-electron chi connectivity index (χ4n) is 1.81. The first-order chi connectivity index (χ1) is 7.66. The van der Waals surface area contributed by atoms with Gasteiger partial charge in [0.2, 0.25) is 0 Å². The van der Waals surface area contributed by atoms with E-state index in [2.05, 4.69) is 0 Å². The van der Waals surface area contributed by atoms with Gasteiger partial charge in [0.15, 0.2) is 0 Å². The van der Waals surface area contributed by atoms with Crippen molar-refractivity contribution < 1.29 is 9.53 Å². The van der Waals surface area contributed by atoms with E-state index in [4.69, 9.17) is 10.5 Å². The predicted molar refractivity (Wildman–Crippen MR) is 62.5 cm³/mol. The summed E-state index contributed by atoms with van der Waals surface area (Å²) in [5.41, 5.74) is 8.69. The Morgan fingerprint density at radius 3 is 2.94 bits per heavy atom. The largest absolute Gasteiger partial charge is 0.461 e. The number of rotatable bonds is 2. The van der Waals surface area contributed by atoms with Gasteiger partial charge in [-0.05, 0) is 26.0 Å². The lowest BCUT2D eigenvalue weighted by molar-refractivity contribution is 0.0517. The van der Waals surface area contributed by atoms with E-state index in [1.165, 1.54) is 0 Å². The van der Waals surface area contributed by atoms with Crippen LogP contribution in [0.15, 0.2) is 24.4 Å². The van der Waals surface area contributed by atoms with E-state index >= 15 is 0 Å². The molecule has 0 bridgehead atoms. The van der Waals surface area contributed by atoms with E-state index in [0.717, 1.165) is 11.1 Å². The van der Waals surface area contributed by atoms with Crippen molar-refractivity contribution in [2.75, 3.05) is 12.3 Å². The molecule has 2 aromatic rings.